The normalized spacial score (nSPS) is 9.00. The highest BCUT2D eigenvalue weighted by atomic mass is 14.9. The first kappa shape index (κ1) is 5.95. The van der Waals surface area contributed by atoms with E-state index in [0.29, 0.717) is 0 Å². The van der Waals surface area contributed by atoms with Gasteiger partial charge in [-0.25, -0.2) is 4.57 Å². The Kier molecular flexibility index (Phi) is 1.58. The third-order valence-electron chi connectivity index (χ3n) is 1.17. The van der Waals surface area contributed by atoms with Crippen molar-refractivity contribution in [2.75, 3.05) is 0 Å². The van der Waals surface area contributed by atoms with Crippen LogP contribution in [0, 0.1) is 5.41 Å². The van der Waals surface area contributed by atoms with Gasteiger partial charge < -0.3 is 5.41 Å². The summed E-state index contributed by atoms with van der Waals surface area (Å²) in [5.74, 6) is 0. The summed E-state index contributed by atoms with van der Waals surface area (Å²) in [7, 11) is 1.95. The molecule has 0 aliphatic heterocycles. The predicted octanol–water partition coefficient (Wildman–Crippen LogP) is 0.509. The van der Waals surface area contributed by atoms with Gasteiger partial charge in [-0.05, 0) is 0 Å². The van der Waals surface area contributed by atoms with E-state index in [9.17, 15) is 0 Å². The molecule has 0 saturated carbocycles. The van der Waals surface area contributed by atoms with Gasteiger partial charge in [0.05, 0.1) is 0 Å². The fraction of sp³-hybridized carbons (Fsp3) is 0.143. The molecule has 0 aliphatic carbocycles. The largest absolute Gasteiger partial charge is 0.308 e. The van der Waals surface area contributed by atoms with Crippen LogP contribution in [0.4, 0.5) is 0 Å². The molecule has 0 amide bonds. The Morgan fingerprint density at radius 2 is 2.00 bits per heavy atom. The fourth-order valence-corrected chi connectivity index (χ4v) is 0.609. The highest BCUT2D eigenvalue weighted by molar-refractivity contribution is 5.76. The summed E-state index contributed by atoms with van der Waals surface area (Å²) in [4.78, 5) is 0. The standard InChI is InChI=1S/C7H9N2/c1-9-4-2-7(6-8)3-5-9/h2-6,8H,1H3/q+1. The molecule has 0 spiro atoms. The molecule has 46 valence electrons. The van der Waals surface area contributed by atoms with Gasteiger partial charge in [0.1, 0.15) is 7.05 Å². The summed E-state index contributed by atoms with van der Waals surface area (Å²) in [6, 6.07) is 3.79. The van der Waals surface area contributed by atoms with Crippen molar-refractivity contribution in [1.29, 1.82) is 5.41 Å². The number of rotatable bonds is 1. The Morgan fingerprint density at radius 1 is 1.44 bits per heavy atom. The molecule has 0 atom stereocenters. The van der Waals surface area contributed by atoms with Gasteiger partial charge in [-0.1, -0.05) is 0 Å². The summed E-state index contributed by atoms with van der Waals surface area (Å²) in [5.41, 5.74) is 0.938. The predicted molar refractivity (Wildman–Crippen MR) is 35.5 cm³/mol. The molecule has 1 rings (SSSR count). The van der Waals surface area contributed by atoms with Gasteiger partial charge in [-0.15, -0.1) is 0 Å². The van der Waals surface area contributed by atoms with Crippen molar-refractivity contribution in [3.8, 4) is 0 Å². The topological polar surface area (TPSA) is 27.7 Å². The second kappa shape index (κ2) is 2.40. The number of aryl methyl sites for hydroxylation is 1. The molecule has 1 heterocycles. The molecule has 0 saturated heterocycles. The lowest BCUT2D eigenvalue weighted by Gasteiger charge is -1.86. The minimum absolute atomic E-state index is 0.938. The van der Waals surface area contributed by atoms with E-state index in [-0.39, 0.29) is 0 Å². The van der Waals surface area contributed by atoms with E-state index < -0.39 is 0 Å². The highest BCUT2D eigenvalue weighted by Gasteiger charge is 1.88. The SMILES string of the molecule is C[n+]1ccc(C=N)cc1. The second-order valence-corrected chi connectivity index (χ2v) is 1.94. The fourth-order valence-electron chi connectivity index (χ4n) is 0.609. The lowest BCUT2D eigenvalue weighted by molar-refractivity contribution is -0.671. The molecule has 1 N–H and O–H groups in total. The Morgan fingerprint density at radius 3 is 2.44 bits per heavy atom. The summed E-state index contributed by atoms with van der Waals surface area (Å²) in [5, 5.41) is 6.88. The first-order valence-corrected chi connectivity index (χ1v) is 2.78. The van der Waals surface area contributed by atoms with Crippen molar-refractivity contribution >= 4 is 6.21 Å². The molecule has 0 unspecified atom stereocenters. The van der Waals surface area contributed by atoms with Gasteiger partial charge >= 0.3 is 0 Å². The summed E-state index contributed by atoms with van der Waals surface area (Å²) in [6.45, 7) is 0. The van der Waals surface area contributed by atoms with Crippen molar-refractivity contribution in [2.45, 2.75) is 0 Å². The molecule has 9 heavy (non-hydrogen) atoms. The van der Waals surface area contributed by atoms with Crippen molar-refractivity contribution in [3.05, 3.63) is 30.1 Å². The minimum Gasteiger partial charge on any atom is -0.308 e. The lowest BCUT2D eigenvalue weighted by Crippen LogP contribution is -2.25. The average Bonchev–Trinajstić information content (AvgIpc) is 1.90. The molecule has 2 nitrogen and oxygen atoms in total. The molecular formula is C7H9N2+. The first-order chi connectivity index (χ1) is 4.33. The smallest absolute Gasteiger partial charge is 0.169 e. The van der Waals surface area contributed by atoms with E-state index in [2.05, 4.69) is 0 Å². The van der Waals surface area contributed by atoms with Crippen LogP contribution in [0.3, 0.4) is 0 Å². The van der Waals surface area contributed by atoms with Crippen molar-refractivity contribution in [2.24, 2.45) is 7.05 Å². The third-order valence-corrected chi connectivity index (χ3v) is 1.17. The maximum atomic E-state index is 6.88. The van der Waals surface area contributed by atoms with Crippen LogP contribution in [0.5, 0.6) is 0 Å². The molecule has 1 aromatic heterocycles. The van der Waals surface area contributed by atoms with Crippen LogP contribution in [-0.4, -0.2) is 6.21 Å². The third kappa shape index (κ3) is 1.35. The first-order valence-electron chi connectivity index (χ1n) is 2.78. The van der Waals surface area contributed by atoms with Crippen molar-refractivity contribution in [3.63, 3.8) is 0 Å². The van der Waals surface area contributed by atoms with Crippen LogP contribution in [0.1, 0.15) is 5.56 Å². The molecule has 0 aromatic carbocycles. The average molecular weight is 121 g/mol. The molecular weight excluding hydrogens is 112 g/mol. The van der Waals surface area contributed by atoms with Gasteiger partial charge in [0.25, 0.3) is 0 Å². The Labute approximate surface area is 54.3 Å². The number of hydrogen-bond acceptors (Lipinski definition) is 1. The van der Waals surface area contributed by atoms with Gasteiger partial charge in [-0.2, -0.15) is 0 Å². The quantitative estimate of drug-likeness (QED) is 0.414. The number of aromatic nitrogens is 1. The van der Waals surface area contributed by atoms with Crippen LogP contribution in [0.2, 0.25) is 0 Å². The van der Waals surface area contributed by atoms with Gasteiger partial charge in [0, 0.05) is 23.9 Å². The maximum Gasteiger partial charge on any atom is 0.169 e. The van der Waals surface area contributed by atoms with Crippen LogP contribution in [-0.2, 0) is 7.05 Å². The number of nitrogens with zero attached hydrogens (tertiary/aromatic N) is 1. The second-order valence-electron chi connectivity index (χ2n) is 1.94. The zero-order valence-corrected chi connectivity index (χ0v) is 5.33. The molecule has 0 radical (unpaired) electrons. The summed E-state index contributed by atoms with van der Waals surface area (Å²) < 4.78 is 1.94. The van der Waals surface area contributed by atoms with Crippen LogP contribution in [0.25, 0.3) is 0 Å². The van der Waals surface area contributed by atoms with Crippen LogP contribution >= 0.6 is 0 Å². The number of pyridine rings is 1. The monoisotopic (exact) mass is 121 g/mol. The Hall–Kier alpha value is -1.18. The Balaban J connectivity index is 3.01. The molecule has 1 aromatic rings. The number of nitrogens with one attached hydrogen (secondary N) is 1. The van der Waals surface area contributed by atoms with Crippen LogP contribution in [0.15, 0.2) is 24.5 Å². The van der Waals surface area contributed by atoms with Gasteiger partial charge in [-0.3, -0.25) is 0 Å². The van der Waals surface area contributed by atoms with E-state index in [0.717, 1.165) is 5.56 Å². The molecule has 0 aliphatic rings. The maximum absolute atomic E-state index is 6.88. The number of hydrogen-bond donors (Lipinski definition) is 1. The summed E-state index contributed by atoms with van der Waals surface area (Å²) in [6.07, 6.45) is 5.17. The molecule has 0 bridgehead atoms. The molecule has 0 fully saturated rings. The minimum atomic E-state index is 0.938. The van der Waals surface area contributed by atoms with Crippen molar-refractivity contribution < 1.29 is 4.57 Å². The van der Waals surface area contributed by atoms with E-state index in [1.807, 2.05) is 36.1 Å². The summed E-state index contributed by atoms with van der Waals surface area (Å²) >= 11 is 0. The molecule has 2 heteroatoms. The van der Waals surface area contributed by atoms with Gasteiger partial charge in [0.2, 0.25) is 0 Å². The van der Waals surface area contributed by atoms with Gasteiger partial charge in [0.15, 0.2) is 12.4 Å². The van der Waals surface area contributed by atoms with Crippen LogP contribution < -0.4 is 4.57 Å². The zero-order chi connectivity index (χ0) is 6.69. The Bertz CT molecular complexity index is 201. The van der Waals surface area contributed by atoms with E-state index >= 15 is 0 Å². The highest BCUT2D eigenvalue weighted by Crippen LogP contribution is 1.86. The van der Waals surface area contributed by atoms with Crippen molar-refractivity contribution in [1.82, 2.24) is 0 Å². The van der Waals surface area contributed by atoms with E-state index in [1.165, 1.54) is 6.21 Å². The van der Waals surface area contributed by atoms with E-state index in [1.54, 1.807) is 0 Å². The lowest BCUT2D eigenvalue weighted by atomic mass is 10.3. The zero-order valence-electron chi connectivity index (χ0n) is 5.33. The van der Waals surface area contributed by atoms with E-state index in [4.69, 9.17) is 5.41 Å².